The van der Waals surface area contributed by atoms with Gasteiger partial charge in [-0.05, 0) is 64.1 Å². The van der Waals surface area contributed by atoms with E-state index in [0.29, 0.717) is 5.56 Å². The molecule has 0 saturated carbocycles. The van der Waals surface area contributed by atoms with Crippen molar-refractivity contribution < 1.29 is 9.53 Å². The van der Waals surface area contributed by atoms with Crippen LogP contribution in [0.3, 0.4) is 0 Å². The van der Waals surface area contributed by atoms with Crippen molar-refractivity contribution in [3.05, 3.63) is 53.3 Å². The molecule has 100 valence electrons. The van der Waals surface area contributed by atoms with Gasteiger partial charge in [0.15, 0.2) is 0 Å². The molecule has 1 heterocycles. The average molecular weight is 257 g/mol. The molecular formula is C16H19NO2. The Kier molecular flexibility index (Phi) is 3.74. The highest BCUT2D eigenvalue weighted by Crippen LogP contribution is 2.17. The quantitative estimate of drug-likeness (QED) is 0.786. The molecule has 1 aromatic heterocycles. The number of carbonyl (C=O) groups is 1. The summed E-state index contributed by atoms with van der Waals surface area (Å²) in [6.07, 6.45) is -0.0962. The number of aromatic nitrogens is 1. The molecule has 0 saturated heterocycles. The van der Waals surface area contributed by atoms with Gasteiger partial charge >= 0.3 is 5.97 Å². The van der Waals surface area contributed by atoms with Gasteiger partial charge < -0.3 is 9.30 Å². The number of ether oxygens (including phenoxy) is 1. The summed E-state index contributed by atoms with van der Waals surface area (Å²) in [6, 6.07) is 11.7. The summed E-state index contributed by atoms with van der Waals surface area (Å²) in [5, 5.41) is 0. The predicted octanol–water partition coefficient (Wildman–Crippen LogP) is 3.66. The van der Waals surface area contributed by atoms with Gasteiger partial charge in [-0.25, -0.2) is 4.79 Å². The second-order valence-corrected chi connectivity index (χ2v) is 4.95. The van der Waals surface area contributed by atoms with Gasteiger partial charge in [-0.1, -0.05) is 0 Å². The van der Waals surface area contributed by atoms with Crippen LogP contribution in [0.2, 0.25) is 0 Å². The fourth-order valence-electron chi connectivity index (χ4n) is 2.10. The van der Waals surface area contributed by atoms with E-state index in [9.17, 15) is 4.79 Å². The summed E-state index contributed by atoms with van der Waals surface area (Å²) < 4.78 is 7.32. The lowest BCUT2D eigenvalue weighted by Gasteiger charge is -2.11. The molecule has 0 N–H and O–H groups in total. The fraction of sp³-hybridized carbons (Fsp3) is 0.312. The summed E-state index contributed by atoms with van der Waals surface area (Å²) in [7, 11) is 0. The van der Waals surface area contributed by atoms with Gasteiger partial charge in [0.1, 0.15) is 0 Å². The number of nitrogens with zero attached hydrogens (tertiary/aromatic N) is 1. The molecule has 0 aliphatic rings. The van der Waals surface area contributed by atoms with E-state index in [1.54, 1.807) is 12.1 Å². The molecule has 19 heavy (non-hydrogen) atoms. The maximum atomic E-state index is 11.8. The summed E-state index contributed by atoms with van der Waals surface area (Å²) in [6.45, 7) is 7.82. The van der Waals surface area contributed by atoms with Crippen LogP contribution in [0.25, 0.3) is 5.69 Å². The number of esters is 1. The number of aryl methyl sites for hydroxylation is 2. The zero-order chi connectivity index (χ0) is 14.0. The van der Waals surface area contributed by atoms with E-state index < -0.39 is 0 Å². The lowest BCUT2D eigenvalue weighted by atomic mass is 10.2. The second-order valence-electron chi connectivity index (χ2n) is 4.95. The van der Waals surface area contributed by atoms with E-state index in [0.717, 1.165) is 5.69 Å². The maximum Gasteiger partial charge on any atom is 0.338 e. The molecule has 3 nitrogen and oxygen atoms in total. The average Bonchev–Trinajstić information content (AvgIpc) is 2.68. The minimum absolute atomic E-state index is 0.0962. The number of rotatable bonds is 3. The summed E-state index contributed by atoms with van der Waals surface area (Å²) in [4.78, 5) is 11.8. The zero-order valence-electron chi connectivity index (χ0n) is 11.8. The summed E-state index contributed by atoms with van der Waals surface area (Å²) in [5.41, 5.74) is 3.99. The van der Waals surface area contributed by atoms with Crippen LogP contribution < -0.4 is 0 Å². The van der Waals surface area contributed by atoms with Gasteiger partial charge in [-0.2, -0.15) is 0 Å². The molecule has 0 unspecified atom stereocenters. The summed E-state index contributed by atoms with van der Waals surface area (Å²) in [5.74, 6) is -0.275. The molecule has 3 heteroatoms. The van der Waals surface area contributed by atoms with Crippen LogP contribution in [-0.4, -0.2) is 16.6 Å². The first kappa shape index (κ1) is 13.4. The standard InChI is InChI=1S/C16H19NO2/c1-11(2)19-16(18)14-7-9-15(10-8-14)17-12(3)5-6-13(17)4/h5-11H,1-4H3. The van der Waals surface area contributed by atoms with E-state index in [1.807, 2.05) is 26.0 Å². The van der Waals surface area contributed by atoms with Crippen molar-refractivity contribution in [1.82, 2.24) is 4.57 Å². The third kappa shape index (κ3) is 2.87. The van der Waals surface area contributed by atoms with Crippen LogP contribution in [0.4, 0.5) is 0 Å². The Labute approximate surface area is 113 Å². The van der Waals surface area contributed by atoms with Crippen molar-refractivity contribution in [1.29, 1.82) is 0 Å². The molecule has 0 fully saturated rings. The number of benzene rings is 1. The smallest absolute Gasteiger partial charge is 0.338 e. The second kappa shape index (κ2) is 5.31. The first-order chi connectivity index (χ1) is 8.99. The van der Waals surface area contributed by atoms with Crippen molar-refractivity contribution in [2.24, 2.45) is 0 Å². The highest BCUT2D eigenvalue weighted by atomic mass is 16.5. The van der Waals surface area contributed by atoms with Crippen LogP contribution in [0, 0.1) is 13.8 Å². The first-order valence-corrected chi connectivity index (χ1v) is 6.45. The molecule has 2 rings (SSSR count). The fourth-order valence-corrected chi connectivity index (χ4v) is 2.10. The Hall–Kier alpha value is -2.03. The van der Waals surface area contributed by atoms with Crippen molar-refractivity contribution in [3.8, 4) is 5.69 Å². The molecule has 0 atom stereocenters. The minimum atomic E-state index is -0.275. The Morgan fingerprint density at radius 2 is 1.53 bits per heavy atom. The van der Waals surface area contributed by atoms with Gasteiger partial charge in [0.2, 0.25) is 0 Å². The Morgan fingerprint density at radius 1 is 1.00 bits per heavy atom. The zero-order valence-corrected chi connectivity index (χ0v) is 11.8. The highest BCUT2D eigenvalue weighted by molar-refractivity contribution is 5.89. The summed E-state index contributed by atoms with van der Waals surface area (Å²) >= 11 is 0. The largest absolute Gasteiger partial charge is 0.459 e. The predicted molar refractivity (Wildman–Crippen MR) is 75.8 cm³/mol. The van der Waals surface area contributed by atoms with Crippen LogP contribution in [0.15, 0.2) is 36.4 Å². The number of hydrogen-bond acceptors (Lipinski definition) is 2. The lowest BCUT2D eigenvalue weighted by Crippen LogP contribution is -2.11. The van der Waals surface area contributed by atoms with Crippen molar-refractivity contribution in [2.75, 3.05) is 0 Å². The van der Waals surface area contributed by atoms with Gasteiger partial charge in [0, 0.05) is 17.1 Å². The van der Waals surface area contributed by atoms with E-state index in [1.165, 1.54) is 11.4 Å². The van der Waals surface area contributed by atoms with Gasteiger partial charge in [-0.3, -0.25) is 0 Å². The SMILES string of the molecule is Cc1ccc(C)n1-c1ccc(C(=O)OC(C)C)cc1. The minimum Gasteiger partial charge on any atom is -0.459 e. The Balaban J connectivity index is 2.26. The molecule has 0 aliphatic carbocycles. The van der Waals surface area contributed by atoms with Crippen LogP contribution in [0.1, 0.15) is 35.6 Å². The maximum absolute atomic E-state index is 11.8. The molecular weight excluding hydrogens is 238 g/mol. The molecule has 0 bridgehead atoms. The van der Waals surface area contributed by atoms with E-state index in [-0.39, 0.29) is 12.1 Å². The van der Waals surface area contributed by atoms with E-state index >= 15 is 0 Å². The molecule has 2 aromatic rings. The van der Waals surface area contributed by atoms with Crippen molar-refractivity contribution >= 4 is 5.97 Å². The van der Waals surface area contributed by atoms with Gasteiger partial charge in [0.25, 0.3) is 0 Å². The Bertz CT molecular complexity index is 560. The van der Waals surface area contributed by atoms with E-state index in [4.69, 9.17) is 4.74 Å². The third-order valence-electron chi connectivity index (χ3n) is 2.98. The highest BCUT2D eigenvalue weighted by Gasteiger charge is 2.10. The normalized spacial score (nSPS) is 10.8. The van der Waals surface area contributed by atoms with Crippen molar-refractivity contribution in [3.63, 3.8) is 0 Å². The van der Waals surface area contributed by atoms with Crippen LogP contribution >= 0.6 is 0 Å². The molecule has 0 amide bonds. The topological polar surface area (TPSA) is 31.2 Å². The molecule has 1 aromatic carbocycles. The monoisotopic (exact) mass is 257 g/mol. The number of hydrogen-bond donors (Lipinski definition) is 0. The van der Waals surface area contributed by atoms with Crippen LogP contribution in [-0.2, 0) is 4.74 Å². The van der Waals surface area contributed by atoms with E-state index in [2.05, 4.69) is 30.5 Å². The van der Waals surface area contributed by atoms with Gasteiger partial charge in [-0.15, -0.1) is 0 Å². The first-order valence-electron chi connectivity index (χ1n) is 6.45. The van der Waals surface area contributed by atoms with Crippen LogP contribution in [0.5, 0.6) is 0 Å². The molecule has 0 radical (unpaired) electrons. The Morgan fingerprint density at radius 3 is 2.00 bits per heavy atom. The molecule has 0 spiro atoms. The van der Waals surface area contributed by atoms with Crippen molar-refractivity contribution in [2.45, 2.75) is 33.8 Å². The lowest BCUT2D eigenvalue weighted by molar-refractivity contribution is 0.0378. The molecule has 0 aliphatic heterocycles. The number of carbonyl (C=O) groups excluding carboxylic acids is 1. The third-order valence-corrected chi connectivity index (χ3v) is 2.98. The van der Waals surface area contributed by atoms with Gasteiger partial charge in [0.05, 0.1) is 11.7 Å².